The zero-order chi connectivity index (χ0) is 26.6. The van der Waals surface area contributed by atoms with E-state index in [1.807, 2.05) is 64.1 Å². The molecule has 2 amide bonds. The van der Waals surface area contributed by atoms with Crippen LogP contribution in [0.5, 0.6) is 17.4 Å². The Balaban J connectivity index is 1.76. The van der Waals surface area contributed by atoms with Crippen molar-refractivity contribution >= 4 is 17.6 Å². The van der Waals surface area contributed by atoms with Gasteiger partial charge in [-0.25, -0.2) is 9.48 Å². The molecule has 1 aliphatic heterocycles. The van der Waals surface area contributed by atoms with Crippen LogP contribution in [0.4, 0.5) is 4.79 Å². The van der Waals surface area contributed by atoms with Crippen LogP contribution in [0.1, 0.15) is 44.9 Å². The number of carbonyl (C=O) groups is 1. The molecule has 1 fully saturated rings. The van der Waals surface area contributed by atoms with Crippen molar-refractivity contribution in [3.8, 4) is 23.1 Å². The number of aromatic nitrogens is 2. The topological polar surface area (TPSA) is 77.8 Å². The fourth-order valence-electron chi connectivity index (χ4n) is 4.23. The standard InChI is InChI=1S/C28H35ClN4O4/c1-19-23(18-32(17-22-9-8-16-36-22)27(34)30-28(2,3)4)26(37-25-11-7-6-10-24(25)35-5)33(31-19)21-14-12-20(29)13-15-21/h6-7,10-15,22H,8-9,16-18H2,1-5H3,(H,30,34)/t22-/m0/s1. The molecule has 9 heteroatoms. The van der Waals surface area contributed by atoms with E-state index in [1.165, 1.54) is 0 Å². The van der Waals surface area contributed by atoms with E-state index in [2.05, 4.69) is 5.32 Å². The quantitative estimate of drug-likeness (QED) is 0.382. The Bertz CT molecular complexity index is 1210. The van der Waals surface area contributed by atoms with Crippen molar-refractivity contribution in [1.82, 2.24) is 20.0 Å². The lowest BCUT2D eigenvalue weighted by Crippen LogP contribution is -2.50. The van der Waals surface area contributed by atoms with Gasteiger partial charge in [-0.3, -0.25) is 0 Å². The van der Waals surface area contributed by atoms with E-state index in [0.29, 0.717) is 35.5 Å². The van der Waals surface area contributed by atoms with Crippen LogP contribution in [-0.2, 0) is 11.3 Å². The Kier molecular flexibility index (Phi) is 8.29. The van der Waals surface area contributed by atoms with Crippen LogP contribution < -0.4 is 14.8 Å². The van der Waals surface area contributed by atoms with Gasteiger partial charge < -0.3 is 24.4 Å². The number of aryl methyl sites for hydroxylation is 1. The third-order valence-corrected chi connectivity index (χ3v) is 6.30. The molecule has 1 saturated heterocycles. The average Bonchev–Trinajstić information content (AvgIpc) is 3.47. The minimum Gasteiger partial charge on any atom is -0.493 e. The number of hydrogen-bond donors (Lipinski definition) is 1. The summed E-state index contributed by atoms with van der Waals surface area (Å²) in [7, 11) is 1.60. The SMILES string of the molecule is COc1ccccc1Oc1c(CN(C[C@@H]2CCCO2)C(=O)NC(C)(C)C)c(C)nn1-c1ccc(Cl)cc1. The minimum atomic E-state index is -0.384. The number of urea groups is 1. The van der Waals surface area contributed by atoms with Crippen molar-refractivity contribution in [2.45, 2.75) is 58.7 Å². The summed E-state index contributed by atoms with van der Waals surface area (Å²) >= 11 is 6.14. The molecule has 0 unspecified atom stereocenters. The summed E-state index contributed by atoms with van der Waals surface area (Å²) in [6.07, 6.45) is 1.91. The zero-order valence-electron chi connectivity index (χ0n) is 22.1. The number of benzene rings is 2. The molecule has 1 aliphatic rings. The van der Waals surface area contributed by atoms with Gasteiger partial charge in [0.25, 0.3) is 0 Å². The molecular formula is C28H35ClN4O4. The number of carbonyl (C=O) groups excluding carboxylic acids is 1. The van der Waals surface area contributed by atoms with Crippen LogP contribution in [0.2, 0.25) is 5.02 Å². The van der Waals surface area contributed by atoms with E-state index < -0.39 is 0 Å². The first-order valence-corrected chi connectivity index (χ1v) is 12.9. The van der Waals surface area contributed by atoms with Crippen LogP contribution in [0.3, 0.4) is 0 Å². The van der Waals surface area contributed by atoms with Crippen LogP contribution in [0.15, 0.2) is 48.5 Å². The van der Waals surface area contributed by atoms with Gasteiger partial charge in [-0.15, -0.1) is 0 Å². The summed E-state index contributed by atoms with van der Waals surface area (Å²) in [5.74, 6) is 1.65. The number of methoxy groups -OCH3 is 1. The largest absolute Gasteiger partial charge is 0.493 e. The van der Waals surface area contributed by atoms with Gasteiger partial charge >= 0.3 is 6.03 Å². The lowest BCUT2D eigenvalue weighted by molar-refractivity contribution is 0.0779. The summed E-state index contributed by atoms with van der Waals surface area (Å²) < 4.78 is 19.6. The monoisotopic (exact) mass is 526 g/mol. The third kappa shape index (κ3) is 6.76. The summed E-state index contributed by atoms with van der Waals surface area (Å²) in [5, 5.41) is 8.52. The number of ether oxygens (including phenoxy) is 3. The average molecular weight is 527 g/mol. The highest BCUT2D eigenvalue weighted by Gasteiger charge is 2.29. The molecule has 0 saturated carbocycles. The predicted octanol–water partition coefficient (Wildman–Crippen LogP) is 6.12. The first kappa shape index (κ1) is 26.8. The highest BCUT2D eigenvalue weighted by Crippen LogP contribution is 2.36. The number of para-hydroxylation sites is 2. The van der Waals surface area contributed by atoms with Crippen molar-refractivity contribution in [1.29, 1.82) is 0 Å². The molecule has 3 aromatic rings. The molecule has 2 aromatic carbocycles. The highest BCUT2D eigenvalue weighted by molar-refractivity contribution is 6.30. The maximum absolute atomic E-state index is 13.4. The van der Waals surface area contributed by atoms with Crippen LogP contribution in [0, 0.1) is 6.92 Å². The first-order chi connectivity index (χ1) is 17.6. The lowest BCUT2D eigenvalue weighted by Gasteiger charge is -2.30. The molecule has 0 spiro atoms. The molecule has 37 heavy (non-hydrogen) atoms. The van der Waals surface area contributed by atoms with Crippen LogP contribution in [0.25, 0.3) is 5.69 Å². The van der Waals surface area contributed by atoms with E-state index in [1.54, 1.807) is 28.8 Å². The number of nitrogens with zero attached hydrogens (tertiary/aromatic N) is 3. The molecule has 0 bridgehead atoms. The summed E-state index contributed by atoms with van der Waals surface area (Å²) in [6, 6.07) is 14.7. The van der Waals surface area contributed by atoms with E-state index in [4.69, 9.17) is 30.9 Å². The van der Waals surface area contributed by atoms with Crippen molar-refractivity contribution in [2.75, 3.05) is 20.3 Å². The lowest BCUT2D eigenvalue weighted by atomic mass is 10.1. The van der Waals surface area contributed by atoms with Gasteiger partial charge in [0.2, 0.25) is 5.88 Å². The number of rotatable bonds is 8. The Morgan fingerprint density at radius 3 is 2.51 bits per heavy atom. The van der Waals surface area contributed by atoms with E-state index in [-0.39, 0.29) is 17.7 Å². The van der Waals surface area contributed by atoms with Crippen molar-refractivity contribution in [2.24, 2.45) is 0 Å². The Labute approximate surface area is 223 Å². The maximum Gasteiger partial charge on any atom is 0.318 e. The molecule has 2 heterocycles. The summed E-state index contributed by atoms with van der Waals surface area (Å²) in [6.45, 7) is 9.31. The molecule has 1 atom stereocenters. The number of nitrogens with one attached hydrogen (secondary N) is 1. The van der Waals surface area contributed by atoms with Gasteiger partial charge in [0.1, 0.15) is 0 Å². The molecule has 4 rings (SSSR count). The van der Waals surface area contributed by atoms with Crippen LogP contribution in [-0.4, -0.2) is 52.6 Å². The first-order valence-electron chi connectivity index (χ1n) is 12.5. The minimum absolute atomic E-state index is 0.00378. The van der Waals surface area contributed by atoms with Gasteiger partial charge in [0, 0.05) is 23.7 Å². The highest BCUT2D eigenvalue weighted by atomic mass is 35.5. The number of amides is 2. The van der Waals surface area contributed by atoms with Crippen molar-refractivity contribution in [3.05, 3.63) is 64.8 Å². The van der Waals surface area contributed by atoms with Gasteiger partial charge in [-0.2, -0.15) is 5.10 Å². The molecular weight excluding hydrogens is 492 g/mol. The van der Waals surface area contributed by atoms with E-state index in [9.17, 15) is 4.79 Å². The molecule has 0 radical (unpaired) electrons. The second kappa shape index (κ2) is 11.4. The second-order valence-corrected chi connectivity index (χ2v) is 10.6. The van der Waals surface area contributed by atoms with Crippen molar-refractivity contribution < 1.29 is 19.0 Å². The van der Waals surface area contributed by atoms with E-state index >= 15 is 0 Å². The molecule has 198 valence electrons. The second-order valence-electron chi connectivity index (χ2n) is 10.2. The van der Waals surface area contributed by atoms with E-state index in [0.717, 1.165) is 36.4 Å². The van der Waals surface area contributed by atoms with Gasteiger partial charge in [0.05, 0.1) is 36.7 Å². The van der Waals surface area contributed by atoms with Gasteiger partial charge in [-0.1, -0.05) is 23.7 Å². The Morgan fingerprint density at radius 2 is 1.89 bits per heavy atom. The third-order valence-electron chi connectivity index (χ3n) is 6.05. The Morgan fingerprint density at radius 1 is 1.19 bits per heavy atom. The fraction of sp³-hybridized carbons (Fsp3) is 0.429. The van der Waals surface area contributed by atoms with Gasteiger partial charge in [-0.05, 0) is 76.9 Å². The van der Waals surface area contributed by atoms with Crippen LogP contribution >= 0.6 is 11.6 Å². The Hall–Kier alpha value is -3.23. The normalized spacial score (nSPS) is 15.5. The zero-order valence-corrected chi connectivity index (χ0v) is 22.8. The predicted molar refractivity (Wildman–Crippen MR) is 144 cm³/mol. The number of halogens is 1. The summed E-state index contributed by atoms with van der Waals surface area (Å²) in [4.78, 5) is 15.2. The smallest absolute Gasteiger partial charge is 0.318 e. The maximum atomic E-state index is 13.4. The molecule has 8 nitrogen and oxygen atoms in total. The summed E-state index contributed by atoms with van der Waals surface area (Å²) in [5.41, 5.74) is 1.95. The molecule has 1 aromatic heterocycles. The fourth-order valence-corrected chi connectivity index (χ4v) is 4.36. The van der Waals surface area contributed by atoms with Gasteiger partial charge in [0.15, 0.2) is 11.5 Å². The van der Waals surface area contributed by atoms with Crippen molar-refractivity contribution in [3.63, 3.8) is 0 Å². The molecule has 1 N–H and O–H groups in total. The molecule has 0 aliphatic carbocycles. The number of hydrogen-bond acceptors (Lipinski definition) is 5.